The Balaban J connectivity index is 1.56. The van der Waals surface area contributed by atoms with Crippen LogP contribution in [0, 0.1) is 19.7 Å². The Morgan fingerprint density at radius 2 is 1.83 bits per heavy atom. The molecule has 30 heavy (non-hydrogen) atoms. The molecule has 2 aromatic carbocycles. The van der Waals surface area contributed by atoms with Crippen LogP contribution in [0.2, 0.25) is 0 Å². The van der Waals surface area contributed by atoms with E-state index in [9.17, 15) is 9.18 Å². The normalized spacial score (nSPS) is 11.0. The van der Waals surface area contributed by atoms with Crippen LogP contribution in [0.15, 0.2) is 66.1 Å². The largest absolute Gasteiger partial charge is 0.325 e. The Bertz CT molecular complexity index is 1180. The van der Waals surface area contributed by atoms with Crippen molar-refractivity contribution >= 4 is 34.4 Å². The summed E-state index contributed by atoms with van der Waals surface area (Å²) in [5.41, 5.74) is 5.54. The minimum absolute atomic E-state index is 0.126. The highest BCUT2D eigenvalue weighted by Gasteiger charge is 2.15. The third-order valence-electron chi connectivity index (χ3n) is 4.60. The van der Waals surface area contributed by atoms with Crippen LogP contribution in [-0.2, 0) is 17.1 Å². The van der Waals surface area contributed by atoms with Crippen LogP contribution in [0.1, 0.15) is 16.7 Å². The highest BCUT2D eigenvalue weighted by molar-refractivity contribution is 7.98. The molecule has 2 heterocycles. The van der Waals surface area contributed by atoms with Gasteiger partial charge in [0.25, 0.3) is 0 Å². The number of hydrogen-bond acceptors (Lipinski definition) is 4. The van der Waals surface area contributed by atoms with Crippen molar-refractivity contribution in [3.05, 3.63) is 83.4 Å². The van der Waals surface area contributed by atoms with E-state index in [1.807, 2.05) is 36.6 Å². The van der Waals surface area contributed by atoms with Gasteiger partial charge in [0.2, 0.25) is 5.91 Å². The number of thioether (sulfide) groups is 1. The number of rotatable bonds is 6. The summed E-state index contributed by atoms with van der Waals surface area (Å²) >= 11 is 1.51. The van der Waals surface area contributed by atoms with Crippen LogP contribution in [0.5, 0.6) is 0 Å². The number of halogens is 1. The molecule has 0 aliphatic rings. The number of fused-ring (bicyclic) bond motifs is 1. The Labute approximate surface area is 178 Å². The minimum atomic E-state index is -0.259. The van der Waals surface area contributed by atoms with Crippen molar-refractivity contribution in [2.24, 2.45) is 0 Å². The standard InChI is InChI=1S/C23H21FN4OS/c1-15-9-16(2)11-19(10-15)26-22(29)13-28-21-12-25-8-7-20(21)27-23(28)30-14-17-3-5-18(24)6-4-17/h3-12H,13-14H2,1-2H3,(H,26,29). The molecule has 7 heteroatoms. The van der Waals surface area contributed by atoms with Gasteiger partial charge in [0.1, 0.15) is 12.4 Å². The molecule has 0 unspecified atom stereocenters. The van der Waals surface area contributed by atoms with Crippen molar-refractivity contribution in [1.82, 2.24) is 14.5 Å². The van der Waals surface area contributed by atoms with E-state index >= 15 is 0 Å². The van der Waals surface area contributed by atoms with Crippen molar-refractivity contribution in [3.63, 3.8) is 0 Å². The quantitative estimate of drug-likeness (QED) is 0.440. The summed E-state index contributed by atoms with van der Waals surface area (Å²) in [7, 11) is 0. The lowest BCUT2D eigenvalue weighted by Crippen LogP contribution is -2.19. The molecule has 0 atom stereocenters. The zero-order valence-electron chi connectivity index (χ0n) is 16.7. The SMILES string of the molecule is Cc1cc(C)cc(NC(=O)Cn2c(SCc3ccc(F)cc3)nc3ccncc32)c1. The number of benzene rings is 2. The lowest BCUT2D eigenvalue weighted by atomic mass is 10.1. The molecule has 0 saturated carbocycles. The molecule has 4 aromatic rings. The van der Waals surface area contributed by atoms with Crippen molar-refractivity contribution in [1.29, 1.82) is 0 Å². The predicted molar refractivity (Wildman–Crippen MR) is 118 cm³/mol. The number of nitrogens with zero attached hydrogens (tertiary/aromatic N) is 3. The maximum atomic E-state index is 13.2. The van der Waals surface area contributed by atoms with Crippen LogP contribution in [0.3, 0.4) is 0 Å². The number of aromatic nitrogens is 3. The van der Waals surface area contributed by atoms with Gasteiger partial charge in [-0.1, -0.05) is 30.0 Å². The van der Waals surface area contributed by atoms with Crippen LogP contribution < -0.4 is 5.32 Å². The molecule has 0 spiro atoms. The molecule has 1 N–H and O–H groups in total. The summed E-state index contributed by atoms with van der Waals surface area (Å²) in [6.45, 7) is 4.13. The van der Waals surface area contributed by atoms with Crippen molar-refractivity contribution < 1.29 is 9.18 Å². The zero-order valence-corrected chi connectivity index (χ0v) is 17.5. The lowest BCUT2D eigenvalue weighted by Gasteiger charge is -2.11. The fourth-order valence-corrected chi connectivity index (χ4v) is 4.30. The number of anilines is 1. The highest BCUT2D eigenvalue weighted by atomic mass is 32.2. The second-order valence-electron chi connectivity index (χ2n) is 7.18. The van der Waals surface area contributed by atoms with E-state index in [-0.39, 0.29) is 18.3 Å². The molecule has 0 fully saturated rings. The number of carbonyl (C=O) groups excluding carboxylic acids is 1. The molecule has 0 saturated heterocycles. The first-order chi connectivity index (χ1) is 14.5. The molecular weight excluding hydrogens is 399 g/mol. The third kappa shape index (κ3) is 4.68. The van der Waals surface area contributed by atoms with Crippen LogP contribution in [0.25, 0.3) is 11.0 Å². The topological polar surface area (TPSA) is 59.8 Å². The van der Waals surface area contributed by atoms with Crippen LogP contribution in [0.4, 0.5) is 10.1 Å². The number of hydrogen-bond donors (Lipinski definition) is 1. The Hall–Kier alpha value is -3.19. The summed E-state index contributed by atoms with van der Waals surface area (Å²) < 4.78 is 15.0. The first-order valence-electron chi connectivity index (χ1n) is 9.53. The Kier molecular flexibility index (Phi) is 5.81. The smallest absolute Gasteiger partial charge is 0.244 e. The summed E-state index contributed by atoms with van der Waals surface area (Å²) in [6.07, 6.45) is 3.40. The third-order valence-corrected chi connectivity index (χ3v) is 5.65. The minimum Gasteiger partial charge on any atom is -0.325 e. The average molecular weight is 421 g/mol. The molecule has 4 rings (SSSR count). The van der Waals surface area contributed by atoms with E-state index < -0.39 is 0 Å². The molecule has 0 aliphatic carbocycles. The predicted octanol–water partition coefficient (Wildman–Crippen LogP) is 5.12. The van der Waals surface area contributed by atoms with Gasteiger partial charge in [0.05, 0.1) is 17.2 Å². The van der Waals surface area contributed by atoms with E-state index in [1.165, 1.54) is 23.9 Å². The summed E-state index contributed by atoms with van der Waals surface area (Å²) in [6, 6.07) is 14.2. The fourth-order valence-electron chi connectivity index (χ4n) is 3.33. The zero-order chi connectivity index (χ0) is 21.1. The van der Waals surface area contributed by atoms with Gasteiger partial charge in [-0.25, -0.2) is 9.37 Å². The van der Waals surface area contributed by atoms with Crippen molar-refractivity contribution in [2.45, 2.75) is 31.3 Å². The number of imidazole rings is 1. The van der Waals surface area contributed by atoms with Crippen molar-refractivity contribution in [3.8, 4) is 0 Å². The summed E-state index contributed by atoms with van der Waals surface area (Å²) in [4.78, 5) is 21.6. The molecule has 2 aromatic heterocycles. The molecule has 152 valence electrons. The molecule has 1 amide bonds. The maximum absolute atomic E-state index is 13.2. The van der Waals surface area contributed by atoms with E-state index in [0.29, 0.717) is 5.75 Å². The molecular formula is C23H21FN4OS. The molecule has 0 bridgehead atoms. The van der Waals surface area contributed by atoms with Gasteiger partial charge in [-0.15, -0.1) is 0 Å². The fraction of sp³-hybridized carbons (Fsp3) is 0.174. The highest BCUT2D eigenvalue weighted by Crippen LogP contribution is 2.27. The average Bonchev–Trinajstić information content (AvgIpc) is 3.04. The van der Waals surface area contributed by atoms with Gasteiger partial charge >= 0.3 is 0 Å². The van der Waals surface area contributed by atoms with Crippen LogP contribution >= 0.6 is 11.8 Å². The second kappa shape index (κ2) is 8.67. The van der Waals surface area contributed by atoms with Gasteiger partial charge in [-0.05, 0) is 60.9 Å². The van der Waals surface area contributed by atoms with E-state index in [0.717, 1.165) is 38.6 Å². The lowest BCUT2D eigenvalue weighted by molar-refractivity contribution is -0.116. The number of carbonyl (C=O) groups is 1. The number of amides is 1. The van der Waals surface area contributed by atoms with E-state index in [1.54, 1.807) is 24.5 Å². The van der Waals surface area contributed by atoms with Crippen molar-refractivity contribution in [2.75, 3.05) is 5.32 Å². The van der Waals surface area contributed by atoms with Gasteiger partial charge in [-0.2, -0.15) is 0 Å². The van der Waals surface area contributed by atoms with E-state index in [4.69, 9.17) is 0 Å². The first-order valence-corrected chi connectivity index (χ1v) is 10.5. The number of nitrogens with one attached hydrogen (secondary N) is 1. The first kappa shape index (κ1) is 20.1. The van der Waals surface area contributed by atoms with Crippen LogP contribution in [-0.4, -0.2) is 20.4 Å². The maximum Gasteiger partial charge on any atom is 0.244 e. The van der Waals surface area contributed by atoms with E-state index in [2.05, 4.69) is 21.4 Å². The molecule has 0 radical (unpaired) electrons. The number of pyridine rings is 1. The van der Waals surface area contributed by atoms with Gasteiger partial charge < -0.3 is 9.88 Å². The Morgan fingerprint density at radius 3 is 2.57 bits per heavy atom. The molecule has 0 aliphatic heterocycles. The molecule has 5 nitrogen and oxygen atoms in total. The summed E-state index contributed by atoms with van der Waals surface area (Å²) in [5, 5.41) is 3.70. The summed E-state index contributed by atoms with van der Waals surface area (Å²) in [5.74, 6) is 0.229. The van der Waals surface area contributed by atoms with Gasteiger partial charge in [0.15, 0.2) is 5.16 Å². The van der Waals surface area contributed by atoms with Gasteiger partial charge in [0, 0.05) is 17.6 Å². The Morgan fingerprint density at radius 1 is 1.10 bits per heavy atom. The second-order valence-corrected chi connectivity index (χ2v) is 8.13. The monoisotopic (exact) mass is 420 g/mol. The van der Waals surface area contributed by atoms with Gasteiger partial charge in [-0.3, -0.25) is 9.78 Å². The number of aryl methyl sites for hydroxylation is 2.